The molecule has 0 saturated carbocycles. The summed E-state index contributed by atoms with van der Waals surface area (Å²) in [6, 6.07) is 30.7. The Balaban J connectivity index is 0.000000205. The SMILES string of the molecule is COCCOc1cnc2ccc(Oc3ccc(NC(=O)c4ccc(Cl)c(C(F)(F)F)c4)cc3)cc2n1.N#Cc1cnc2ccc(Oc3ccc(NC(=O)c4ccc(Cl)c(C(F)(F)F)c4)cc3)cc2n1. The largest absolute Gasteiger partial charge is 0.474 e. The van der Waals surface area contributed by atoms with Gasteiger partial charge in [0.05, 0.1) is 62.2 Å². The van der Waals surface area contributed by atoms with Crippen LogP contribution in [0.2, 0.25) is 10.0 Å². The minimum absolute atomic E-state index is 0.171. The maximum atomic E-state index is 13.1. The van der Waals surface area contributed by atoms with E-state index in [1.165, 1.54) is 24.5 Å². The van der Waals surface area contributed by atoms with E-state index < -0.39 is 45.3 Å². The van der Waals surface area contributed by atoms with Crippen LogP contribution in [0.1, 0.15) is 37.5 Å². The van der Waals surface area contributed by atoms with Crippen LogP contribution in [-0.4, -0.2) is 52.1 Å². The van der Waals surface area contributed by atoms with Crippen LogP contribution in [0.15, 0.2) is 134 Å². The highest BCUT2D eigenvalue weighted by molar-refractivity contribution is 6.32. The summed E-state index contributed by atoms with van der Waals surface area (Å²) in [5.74, 6) is 0.823. The second kappa shape index (κ2) is 21.3. The normalized spacial score (nSPS) is 11.2. The van der Waals surface area contributed by atoms with Crippen molar-refractivity contribution in [2.75, 3.05) is 31.0 Å². The third-order valence-corrected chi connectivity index (χ3v) is 10.1. The lowest BCUT2D eigenvalue weighted by molar-refractivity contribution is -0.138. The van der Waals surface area contributed by atoms with Gasteiger partial charge in [-0.25, -0.2) is 15.0 Å². The van der Waals surface area contributed by atoms with Crippen molar-refractivity contribution in [3.05, 3.63) is 172 Å². The summed E-state index contributed by atoms with van der Waals surface area (Å²) in [6.45, 7) is 0.769. The molecular weight excluding hydrogens is 955 g/mol. The first-order chi connectivity index (χ1) is 32.9. The van der Waals surface area contributed by atoms with E-state index in [1.807, 2.05) is 6.07 Å². The zero-order valence-corrected chi connectivity index (χ0v) is 36.8. The van der Waals surface area contributed by atoms with E-state index in [-0.39, 0.29) is 16.8 Å². The lowest BCUT2D eigenvalue weighted by Gasteiger charge is -2.12. The number of alkyl halides is 6. The molecule has 0 radical (unpaired) electrons. The molecule has 6 aromatic carbocycles. The zero-order valence-electron chi connectivity index (χ0n) is 35.3. The molecule has 2 heterocycles. The minimum Gasteiger partial charge on any atom is -0.474 e. The van der Waals surface area contributed by atoms with E-state index in [2.05, 4.69) is 30.6 Å². The number of amides is 2. The van der Waals surface area contributed by atoms with Crippen LogP contribution >= 0.6 is 23.2 Å². The number of anilines is 2. The standard InChI is InChI=1S/C25H19ClF3N3O4.C23H12ClF3N4O2/c1-34-10-11-35-23-14-30-21-9-7-18(13-22(21)32-23)36-17-5-3-16(4-6-17)31-24(33)15-2-8-20(26)19(12-15)25(27,28)29;24-19-7-1-13(9-18(19)23(25,26)27)22(32)31-14-2-4-16(5-3-14)33-17-6-8-20-21(10-17)30-15(11-28)12-29-20/h2-9,12-14H,10-11H2,1H3,(H,31,33);1-10,12H,(H,31,32). The molecule has 13 nitrogen and oxygen atoms in total. The number of fused-ring (bicyclic) bond motifs is 2. The number of benzene rings is 6. The molecule has 0 aliphatic heterocycles. The van der Waals surface area contributed by atoms with Crippen LogP contribution < -0.4 is 24.8 Å². The third kappa shape index (κ3) is 12.9. The Morgan fingerprint density at radius 2 is 1.03 bits per heavy atom. The van der Waals surface area contributed by atoms with Gasteiger partial charge in [-0.1, -0.05) is 23.2 Å². The first-order valence-electron chi connectivity index (χ1n) is 19.9. The number of carbonyl (C=O) groups is 2. The van der Waals surface area contributed by atoms with Crippen LogP contribution in [0, 0.1) is 11.3 Å². The van der Waals surface area contributed by atoms with Gasteiger partial charge in [0.2, 0.25) is 5.88 Å². The lowest BCUT2D eigenvalue weighted by Crippen LogP contribution is -2.14. The quantitative estimate of drug-likeness (QED) is 0.0882. The molecule has 8 aromatic rings. The third-order valence-electron chi connectivity index (χ3n) is 9.42. The monoisotopic (exact) mass is 985 g/mol. The number of halogens is 8. The highest BCUT2D eigenvalue weighted by Crippen LogP contribution is 2.37. The number of nitrogens with zero attached hydrogens (tertiary/aromatic N) is 5. The molecule has 0 saturated heterocycles. The Hall–Kier alpha value is -8.05. The number of carbonyl (C=O) groups excluding carboxylic acids is 2. The van der Waals surface area contributed by atoms with Gasteiger partial charge >= 0.3 is 12.4 Å². The summed E-state index contributed by atoms with van der Waals surface area (Å²) >= 11 is 11.2. The molecule has 0 unspecified atom stereocenters. The number of nitrogens with one attached hydrogen (secondary N) is 2. The number of methoxy groups -OCH3 is 1. The van der Waals surface area contributed by atoms with E-state index in [1.54, 1.807) is 92.0 Å². The summed E-state index contributed by atoms with van der Waals surface area (Å²) in [5, 5.41) is 13.1. The second-order valence-corrected chi connectivity index (χ2v) is 15.1. The fraction of sp³-hybridized carbons (Fsp3) is 0.104. The van der Waals surface area contributed by atoms with Gasteiger partial charge in [0.1, 0.15) is 35.7 Å². The van der Waals surface area contributed by atoms with Gasteiger partial charge in [-0.3, -0.25) is 14.6 Å². The number of hydrogen-bond acceptors (Lipinski definition) is 11. The van der Waals surface area contributed by atoms with Gasteiger partial charge in [-0.05, 0) is 109 Å². The summed E-state index contributed by atoms with van der Waals surface area (Å²) in [5.41, 5.74) is 0.752. The van der Waals surface area contributed by atoms with Crippen LogP contribution in [0.3, 0.4) is 0 Å². The van der Waals surface area contributed by atoms with Crippen molar-refractivity contribution in [1.29, 1.82) is 5.26 Å². The molecule has 2 amide bonds. The molecule has 21 heteroatoms. The molecule has 0 aliphatic carbocycles. The molecule has 69 heavy (non-hydrogen) atoms. The van der Waals surface area contributed by atoms with Crippen molar-refractivity contribution in [1.82, 2.24) is 19.9 Å². The van der Waals surface area contributed by atoms with Crippen LogP contribution in [0.5, 0.6) is 28.9 Å². The Kier molecular flexibility index (Phi) is 15.1. The van der Waals surface area contributed by atoms with Crippen molar-refractivity contribution >= 4 is 68.5 Å². The zero-order chi connectivity index (χ0) is 49.3. The Morgan fingerprint density at radius 3 is 1.48 bits per heavy atom. The van der Waals surface area contributed by atoms with Gasteiger partial charge in [-0.2, -0.15) is 31.6 Å². The van der Waals surface area contributed by atoms with Crippen molar-refractivity contribution in [2.24, 2.45) is 0 Å². The van der Waals surface area contributed by atoms with Crippen molar-refractivity contribution < 1.29 is 54.9 Å². The molecule has 0 fully saturated rings. The Labute approximate surface area is 397 Å². The number of hydrogen-bond donors (Lipinski definition) is 2. The number of nitriles is 1. The summed E-state index contributed by atoms with van der Waals surface area (Å²) in [6.07, 6.45) is -6.43. The summed E-state index contributed by atoms with van der Waals surface area (Å²) in [4.78, 5) is 41.8. The molecule has 2 N–H and O–H groups in total. The maximum absolute atomic E-state index is 13.1. The fourth-order valence-corrected chi connectivity index (χ4v) is 6.55. The smallest absolute Gasteiger partial charge is 0.417 e. The van der Waals surface area contributed by atoms with Gasteiger partial charge in [0.25, 0.3) is 11.8 Å². The van der Waals surface area contributed by atoms with Crippen molar-refractivity contribution in [2.45, 2.75) is 12.4 Å². The van der Waals surface area contributed by atoms with Crippen molar-refractivity contribution in [3.8, 4) is 34.9 Å². The van der Waals surface area contributed by atoms with Crippen LogP contribution in [-0.2, 0) is 17.1 Å². The average molecular weight is 987 g/mol. The first kappa shape index (κ1) is 48.9. The topological polar surface area (TPSA) is 170 Å². The average Bonchev–Trinajstić information content (AvgIpc) is 3.32. The first-order valence-corrected chi connectivity index (χ1v) is 20.7. The molecule has 0 bridgehead atoms. The lowest BCUT2D eigenvalue weighted by atomic mass is 10.1. The van der Waals surface area contributed by atoms with E-state index >= 15 is 0 Å². The van der Waals surface area contributed by atoms with E-state index in [0.717, 1.165) is 12.1 Å². The molecule has 350 valence electrons. The number of aromatic nitrogens is 4. The van der Waals surface area contributed by atoms with Gasteiger partial charge < -0.3 is 29.6 Å². The summed E-state index contributed by atoms with van der Waals surface area (Å²) < 4.78 is 100. The Morgan fingerprint density at radius 1 is 0.580 bits per heavy atom. The molecule has 0 atom stereocenters. The maximum Gasteiger partial charge on any atom is 0.417 e. The van der Waals surface area contributed by atoms with Crippen LogP contribution in [0.25, 0.3) is 22.1 Å². The minimum atomic E-state index is -4.67. The van der Waals surface area contributed by atoms with Crippen LogP contribution in [0.4, 0.5) is 37.7 Å². The number of ether oxygens (including phenoxy) is 4. The predicted molar refractivity (Wildman–Crippen MR) is 243 cm³/mol. The predicted octanol–water partition coefficient (Wildman–Crippen LogP) is 12.6. The molecule has 8 rings (SSSR count). The van der Waals surface area contributed by atoms with E-state index in [4.69, 9.17) is 47.4 Å². The molecule has 0 spiro atoms. The molecule has 0 aliphatic rings. The van der Waals surface area contributed by atoms with Crippen molar-refractivity contribution in [3.63, 3.8) is 0 Å². The highest BCUT2D eigenvalue weighted by atomic mass is 35.5. The van der Waals surface area contributed by atoms with E-state index in [0.29, 0.717) is 87.7 Å². The van der Waals surface area contributed by atoms with E-state index in [9.17, 15) is 35.9 Å². The Bertz CT molecular complexity index is 3210. The van der Waals surface area contributed by atoms with Gasteiger partial charge in [0, 0.05) is 41.7 Å². The second-order valence-electron chi connectivity index (χ2n) is 14.3. The fourth-order valence-electron chi connectivity index (χ4n) is 6.10. The number of rotatable bonds is 12. The molecular formula is C48H31Cl2F6N7O6. The summed E-state index contributed by atoms with van der Waals surface area (Å²) in [7, 11) is 1.58. The molecule has 2 aromatic heterocycles. The van der Waals surface area contributed by atoms with Gasteiger partial charge in [0.15, 0.2) is 5.69 Å². The van der Waals surface area contributed by atoms with Gasteiger partial charge in [-0.15, -0.1) is 0 Å². The highest BCUT2D eigenvalue weighted by Gasteiger charge is 2.35.